The molecule has 0 atom stereocenters. The van der Waals surface area contributed by atoms with E-state index >= 15 is 0 Å². The fourth-order valence-corrected chi connectivity index (χ4v) is 2.83. The third-order valence-electron chi connectivity index (χ3n) is 3.97. The molecule has 1 aliphatic carbocycles. The zero-order chi connectivity index (χ0) is 12.6. The molecule has 0 bridgehead atoms. The van der Waals surface area contributed by atoms with Gasteiger partial charge in [0, 0.05) is 28.7 Å². The Labute approximate surface area is 111 Å². The van der Waals surface area contributed by atoms with Gasteiger partial charge in [-0.1, -0.05) is 29.8 Å². The zero-order valence-electron chi connectivity index (χ0n) is 10.2. The van der Waals surface area contributed by atoms with E-state index in [0.717, 1.165) is 34.5 Å². The Balaban J connectivity index is 1.80. The highest BCUT2D eigenvalue weighted by molar-refractivity contribution is 6.36. The third kappa shape index (κ3) is 1.92. The first kappa shape index (κ1) is 12.0. The van der Waals surface area contributed by atoms with Crippen LogP contribution >= 0.6 is 11.6 Å². The molecule has 1 aliphatic rings. The first-order valence-corrected chi connectivity index (χ1v) is 6.73. The van der Waals surface area contributed by atoms with Gasteiger partial charge in [0.05, 0.1) is 11.6 Å². The molecule has 1 aromatic carbocycles. The molecule has 4 heteroatoms. The number of aromatic amines is 1. The number of hydrogen-bond acceptors (Lipinski definition) is 2. The van der Waals surface area contributed by atoms with Gasteiger partial charge in [0.2, 0.25) is 0 Å². The minimum absolute atomic E-state index is 0.0827. The van der Waals surface area contributed by atoms with E-state index in [4.69, 9.17) is 11.6 Å². The number of fused-ring (bicyclic) bond motifs is 1. The van der Waals surface area contributed by atoms with E-state index in [1.54, 1.807) is 0 Å². The number of benzene rings is 1. The fraction of sp³-hybridized carbons (Fsp3) is 0.429. The normalized spacial score (nSPS) is 17.9. The van der Waals surface area contributed by atoms with Gasteiger partial charge in [-0.05, 0) is 25.3 Å². The van der Waals surface area contributed by atoms with Crippen molar-refractivity contribution in [2.45, 2.75) is 31.3 Å². The fourth-order valence-electron chi connectivity index (χ4n) is 2.56. The van der Waals surface area contributed by atoms with Crippen LogP contribution in [0.4, 0.5) is 0 Å². The minimum Gasteiger partial charge on any atom is -0.394 e. The van der Waals surface area contributed by atoms with Crippen LogP contribution in [-0.2, 0) is 6.54 Å². The van der Waals surface area contributed by atoms with E-state index in [-0.39, 0.29) is 12.1 Å². The van der Waals surface area contributed by atoms with Gasteiger partial charge in [0.1, 0.15) is 0 Å². The van der Waals surface area contributed by atoms with Crippen molar-refractivity contribution in [3.8, 4) is 0 Å². The molecule has 2 aromatic rings. The quantitative estimate of drug-likeness (QED) is 0.795. The summed E-state index contributed by atoms with van der Waals surface area (Å²) in [5.74, 6) is 0. The topological polar surface area (TPSA) is 48.0 Å². The average molecular weight is 265 g/mol. The number of para-hydroxylation sites is 1. The van der Waals surface area contributed by atoms with Gasteiger partial charge in [0.15, 0.2) is 0 Å². The zero-order valence-corrected chi connectivity index (χ0v) is 10.9. The Bertz CT molecular complexity index is 554. The van der Waals surface area contributed by atoms with E-state index in [1.165, 1.54) is 6.42 Å². The lowest BCUT2D eigenvalue weighted by atomic mass is 9.77. The highest BCUT2D eigenvalue weighted by atomic mass is 35.5. The number of halogens is 1. The van der Waals surface area contributed by atoms with Gasteiger partial charge in [0.25, 0.3) is 0 Å². The van der Waals surface area contributed by atoms with Gasteiger partial charge < -0.3 is 15.4 Å². The summed E-state index contributed by atoms with van der Waals surface area (Å²) in [7, 11) is 0. The van der Waals surface area contributed by atoms with Gasteiger partial charge in [-0.25, -0.2) is 0 Å². The molecular weight excluding hydrogens is 248 g/mol. The second-order valence-electron chi connectivity index (χ2n) is 5.11. The Kier molecular flexibility index (Phi) is 3.06. The van der Waals surface area contributed by atoms with Crippen molar-refractivity contribution in [1.29, 1.82) is 0 Å². The van der Waals surface area contributed by atoms with Gasteiger partial charge in [-0.15, -0.1) is 0 Å². The van der Waals surface area contributed by atoms with E-state index in [0.29, 0.717) is 6.54 Å². The molecular formula is C14H17ClN2O. The first-order valence-electron chi connectivity index (χ1n) is 6.35. The Morgan fingerprint density at radius 2 is 2.11 bits per heavy atom. The summed E-state index contributed by atoms with van der Waals surface area (Å²) in [5, 5.41) is 14.7. The maximum Gasteiger partial charge on any atom is 0.0705 e. The van der Waals surface area contributed by atoms with Crippen LogP contribution in [-0.4, -0.2) is 22.2 Å². The van der Waals surface area contributed by atoms with Crippen molar-refractivity contribution in [1.82, 2.24) is 10.3 Å². The second-order valence-corrected chi connectivity index (χ2v) is 5.49. The van der Waals surface area contributed by atoms with Crippen LogP contribution in [0.25, 0.3) is 10.9 Å². The number of nitrogens with one attached hydrogen (secondary N) is 2. The lowest BCUT2D eigenvalue weighted by Crippen LogP contribution is -2.53. The number of aromatic nitrogens is 1. The summed E-state index contributed by atoms with van der Waals surface area (Å²) < 4.78 is 0. The predicted octanol–water partition coefficient (Wildman–Crippen LogP) is 2.83. The summed E-state index contributed by atoms with van der Waals surface area (Å²) in [4.78, 5) is 3.33. The highest BCUT2D eigenvalue weighted by Gasteiger charge is 2.35. The van der Waals surface area contributed by atoms with Crippen LogP contribution < -0.4 is 5.32 Å². The van der Waals surface area contributed by atoms with Gasteiger partial charge in [-0.2, -0.15) is 0 Å². The number of aliphatic hydroxyl groups excluding tert-OH is 1. The summed E-state index contributed by atoms with van der Waals surface area (Å²) in [5.41, 5.74) is 1.98. The smallest absolute Gasteiger partial charge is 0.0705 e. The minimum atomic E-state index is -0.0827. The molecule has 0 radical (unpaired) electrons. The molecule has 0 spiro atoms. The molecule has 3 rings (SSSR count). The van der Waals surface area contributed by atoms with Crippen molar-refractivity contribution in [3.63, 3.8) is 0 Å². The summed E-state index contributed by atoms with van der Waals surface area (Å²) in [6.07, 6.45) is 3.27. The van der Waals surface area contributed by atoms with Crippen LogP contribution in [0.1, 0.15) is 25.0 Å². The lowest BCUT2D eigenvalue weighted by molar-refractivity contribution is 0.0869. The molecule has 1 fully saturated rings. The summed E-state index contributed by atoms with van der Waals surface area (Å²) in [6, 6.07) is 8.02. The second kappa shape index (κ2) is 4.57. The van der Waals surface area contributed by atoms with Crippen molar-refractivity contribution in [2.75, 3.05) is 6.61 Å². The summed E-state index contributed by atoms with van der Waals surface area (Å²) >= 11 is 6.36. The molecule has 1 heterocycles. The van der Waals surface area contributed by atoms with Gasteiger partial charge in [-0.3, -0.25) is 0 Å². The molecule has 3 nitrogen and oxygen atoms in total. The number of hydrogen-bond donors (Lipinski definition) is 3. The van der Waals surface area contributed by atoms with Crippen LogP contribution in [0.2, 0.25) is 5.02 Å². The molecule has 1 saturated carbocycles. The standard InChI is InChI=1S/C14H17ClN2O/c15-13-10-4-1-2-5-11(10)17-12(13)8-16-14(9-18)6-3-7-14/h1-2,4-5,16-18H,3,6-9H2. The number of aliphatic hydroxyl groups is 1. The van der Waals surface area contributed by atoms with Crippen LogP contribution in [0.3, 0.4) is 0 Å². The van der Waals surface area contributed by atoms with Crippen molar-refractivity contribution in [3.05, 3.63) is 35.0 Å². The molecule has 0 aliphatic heterocycles. The van der Waals surface area contributed by atoms with Crippen LogP contribution in [0.15, 0.2) is 24.3 Å². The molecule has 0 unspecified atom stereocenters. The van der Waals surface area contributed by atoms with Crippen molar-refractivity contribution < 1.29 is 5.11 Å². The molecule has 0 amide bonds. The van der Waals surface area contributed by atoms with Crippen LogP contribution in [0.5, 0.6) is 0 Å². The van der Waals surface area contributed by atoms with E-state index in [2.05, 4.69) is 10.3 Å². The maximum absolute atomic E-state index is 9.42. The first-order chi connectivity index (χ1) is 8.74. The Morgan fingerprint density at radius 1 is 1.33 bits per heavy atom. The van der Waals surface area contributed by atoms with E-state index < -0.39 is 0 Å². The third-order valence-corrected chi connectivity index (χ3v) is 4.40. The van der Waals surface area contributed by atoms with Crippen LogP contribution in [0, 0.1) is 0 Å². The van der Waals surface area contributed by atoms with E-state index in [1.807, 2.05) is 24.3 Å². The van der Waals surface area contributed by atoms with E-state index in [9.17, 15) is 5.11 Å². The van der Waals surface area contributed by atoms with Gasteiger partial charge >= 0.3 is 0 Å². The highest BCUT2D eigenvalue weighted by Crippen LogP contribution is 2.33. The number of H-pyrrole nitrogens is 1. The lowest BCUT2D eigenvalue weighted by Gasteiger charge is -2.41. The largest absolute Gasteiger partial charge is 0.394 e. The molecule has 96 valence electrons. The Hall–Kier alpha value is -1.03. The maximum atomic E-state index is 9.42. The monoisotopic (exact) mass is 264 g/mol. The van der Waals surface area contributed by atoms with Crippen molar-refractivity contribution >= 4 is 22.5 Å². The predicted molar refractivity (Wildman–Crippen MR) is 73.8 cm³/mol. The number of rotatable bonds is 4. The molecule has 1 aromatic heterocycles. The Morgan fingerprint density at radius 3 is 2.72 bits per heavy atom. The average Bonchev–Trinajstić information content (AvgIpc) is 2.67. The molecule has 18 heavy (non-hydrogen) atoms. The SMILES string of the molecule is OCC1(NCc2[nH]c3ccccc3c2Cl)CCC1. The summed E-state index contributed by atoms with van der Waals surface area (Å²) in [6.45, 7) is 0.874. The van der Waals surface area contributed by atoms with Crippen molar-refractivity contribution in [2.24, 2.45) is 0 Å². The molecule has 3 N–H and O–H groups in total. The molecule has 0 saturated heterocycles.